The van der Waals surface area contributed by atoms with Crippen molar-refractivity contribution in [3.05, 3.63) is 23.3 Å². The lowest BCUT2D eigenvalue weighted by Crippen LogP contribution is -2.51. The van der Waals surface area contributed by atoms with Crippen LogP contribution in [0.25, 0.3) is 0 Å². The minimum atomic E-state index is -0.169. The van der Waals surface area contributed by atoms with Gasteiger partial charge in [0.1, 0.15) is 0 Å². The molecule has 0 bridgehead atoms. The maximum Gasteiger partial charge on any atom is 0.302 e. The quantitative estimate of drug-likeness (QED) is 0.540. The van der Waals surface area contributed by atoms with Crippen LogP contribution in [0, 0.1) is 22.7 Å². The SMILES string of the molecule is CC(=O)OC[C@@]1(C)CCC[C@@]2(C)[C@@H]1CC=C(C)[C@@H]2CC/C(C)=C/CO. The van der Waals surface area contributed by atoms with Gasteiger partial charge in [-0.15, -0.1) is 0 Å². The molecule has 0 unspecified atom stereocenters. The van der Waals surface area contributed by atoms with Crippen LogP contribution in [-0.4, -0.2) is 24.3 Å². The Morgan fingerprint density at radius 2 is 2.08 bits per heavy atom. The Balaban J connectivity index is 2.22. The Kier molecular flexibility index (Phi) is 6.53. The molecule has 4 atom stereocenters. The molecule has 3 heteroatoms. The van der Waals surface area contributed by atoms with Crippen molar-refractivity contribution in [2.24, 2.45) is 22.7 Å². The van der Waals surface area contributed by atoms with Crippen LogP contribution in [0.5, 0.6) is 0 Å². The van der Waals surface area contributed by atoms with Gasteiger partial charge in [0, 0.05) is 12.3 Å². The lowest BCUT2D eigenvalue weighted by Gasteiger charge is -2.57. The van der Waals surface area contributed by atoms with E-state index in [0.717, 1.165) is 25.7 Å². The molecule has 0 aromatic heterocycles. The summed E-state index contributed by atoms with van der Waals surface area (Å²) in [7, 11) is 0. The molecule has 0 amide bonds. The molecule has 2 rings (SSSR count). The molecule has 0 radical (unpaired) electrons. The van der Waals surface area contributed by atoms with Gasteiger partial charge in [-0.1, -0.05) is 43.6 Å². The molecule has 2 aliphatic carbocycles. The third kappa shape index (κ3) is 4.36. The minimum Gasteiger partial charge on any atom is -0.465 e. The molecular formula is C22H36O3. The lowest BCUT2D eigenvalue weighted by atomic mass is 9.48. The maximum atomic E-state index is 11.4. The molecule has 0 aromatic carbocycles. The molecule has 0 aliphatic heterocycles. The van der Waals surface area contributed by atoms with Crippen molar-refractivity contribution < 1.29 is 14.6 Å². The predicted molar refractivity (Wildman–Crippen MR) is 102 cm³/mol. The third-order valence-corrected chi connectivity index (χ3v) is 6.99. The van der Waals surface area contributed by atoms with Crippen LogP contribution in [0.15, 0.2) is 23.3 Å². The van der Waals surface area contributed by atoms with E-state index in [4.69, 9.17) is 9.84 Å². The van der Waals surface area contributed by atoms with Crippen molar-refractivity contribution in [3.63, 3.8) is 0 Å². The van der Waals surface area contributed by atoms with Gasteiger partial charge in [0.2, 0.25) is 0 Å². The zero-order valence-corrected chi connectivity index (χ0v) is 16.7. The average molecular weight is 349 g/mol. The standard InChI is InChI=1S/C22H36O3/c1-16(11-14-23)7-9-19-17(2)8-10-20-21(4,15-25-18(3)24)12-6-13-22(19,20)5/h8,11,19-20,23H,6-7,9-10,12-15H2,1-5H3/b16-11+/t19-,20+,21+,22+/m0/s1. The Morgan fingerprint density at radius 1 is 1.36 bits per heavy atom. The summed E-state index contributed by atoms with van der Waals surface area (Å²) in [6.07, 6.45) is 11.2. The summed E-state index contributed by atoms with van der Waals surface area (Å²) < 4.78 is 5.47. The number of allylic oxidation sites excluding steroid dienone is 3. The summed E-state index contributed by atoms with van der Waals surface area (Å²) in [5, 5.41) is 9.11. The highest BCUT2D eigenvalue weighted by Gasteiger charge is 2.53. The zero-order valence-electron chi connectivity index (χ0n) is 16.7. The third-order valence-electron chi connectivity index (χ3n) is 6.99. The van der Waals surface area contributed by atoms with Gasteiger partial charge in [-0.2, -0.15) is 0 Å². The van der Waals surface area contributed by atoms with Gasteiger partial charge >= 0.3 is 5.97 Å². The van der Waals surface area contributed by atoms with E-state index in [0.29, 0.717) is 18.4 Å². The molecule has 0 aromatic rings. The van der Waals surface area contributed by atoms with E-state index >= 15 is 0 Å². The van der Waals surface area contributed by atoms with Crippen LogP contribution in [-0.2, 0) is 9.53 Å². The molecule has 0 spiro atoms. The zero-order chi connectivity index (χ0) is 18.7. The number of hydrogen-bond acceptors (Lipinski definition) is 3. The Labute approximate surface area is 153 Å². The summed E-state index contributed by atoms with van der Waals surface area (Å²) >= 11 is 0. The van der Waals surface area contributed by atoms with Crippen LogP contribution in [0.4, 0.5) is 0 Å². The van der Waals surface area contributed by atoms with Gasteiger partial charge in [-0.3, -0.25) is 4.79 Å². The van der Waals surface area contributed by atoms with Crippen molar-refractivity contribution in [2.75, 3.05) is 13.2 Å². The van der Waals surface area contributed by atoms with Gasteiger partial charge in [-0.05, 0) is 63.2 Å². The van der Waals surface area contributed by atoms with Gasteiger partial charge < -0.3 is 9.84 Å². The second-order valence-electron chi connectivity index (χ2n) is 8.85. The number of ether oxygens (including phenoxy) is 1. The van der Waals surface area contributed by atoms with Crippen molar-refractivity contribution in [1.82, 2.24) is 0 Å². The first kappa shape index (κ1) is 20.2. The van der Waals surface area contributed by atoms with E-state index in [2.05, 4.69) is 33.8 Å². The summed E-state index contributed by atoms with van der Waals surface area (Å²) in [4.78, 5) is 11.4. The van der Waals surface area contributed by atoms with Crippen LogP contribution >= 0.6 is 0 Å². The number of hydrogen-bond donors (Lipinski definition) is 1. The molecule has 2 aliphatic rings. The molecule has 0 saturated heterocycles. The molecule has 0 heterocycles. The fraction of sp³-hybridized carbons (Fsp3) is 0.773. The number of esters is 1. The van der Waals surface area contributed by atoms with Crippen molar-refractivity contribution in [1.29, 1.82) is 0 Å². The maximum absolute atomic E-state index is 11.4. The van der Waals surface area contributed by atoms with E-state index in [1.165, 1.54) is 30.9 Å². The second kappa shape index (κ2) is 8.07. The normalized spacial score (nSPS) is 35.8. The predicted octanol–water partition coefficient (Wildman–Crippen LogP) is 5.05. The number of aliphatic hydroxyl groups excluding tert-OH is 1. The van der Waals surface area contributed by atoms with Gasteiger partial charge in [-0.25, -0.2) is 0 Å². The molecule has 142 valence electrons. The summed E-state index contributed by atoms with van der Waals surface area (Å²) in [5.41, 5.74) is 3.14. The fourth-order valence-corrected chi connectivity index (χ4v) is 5.58. The van der Waals surface area contributed by atoms with E-state index < -0.39 is 0 Å². The van der Waals surface area contributed by atoms with Crippen molar-refractivity contribution in [2.45, 2.75) is 73.1 Å². The summed E-state index contributed by atoms with van der Waals surface area (Å²) in [6.45, 7) is 11.4. The molecule has 25 heavy (non-hydrogen) atoms. The number of aliphatic hydroxyl groups is 1. The largest absolute Gasteiger partial charge is 0.465 e. The molecule has 3 nitrogen and oxygen atoms in total. The summed E-state index contributed by atoms with van der Waals surface area (Å²) in [6, 6.07) is 0. The highest BCUT2D eigenvalue weighted by atomic mass is 16.5. The van der Waals surface area contributed by atoms with E-state index in [-0.39, 0.29) is 23.4 Å². The molecular weight excluding hydrogens is 312 g/mol. The number of fused-ring (bicyclic) bond motifs is 1. The second-order valence-corrected chi connectivity index (χ2v) is 8.85. The topological polar surface area (TPSA) is 46.5 Å². The molecule has 1 fully saturated rings. The first-order chi connectivity index (χ1) is 11.7. The Bertz CT molecular complexity index is 547. The van der Waals surface area contributed by atoms with Crippen LogP contribution < -0.4 is 0 Å². The van der Waals surface area contributed by atoms with Crippen molar-refractivity contribution >= 4 is 5.97 Å². The Morgan fingerprint density at radius 3 is 2.72 bits per heavy atom. The van der Waals surface area contributed by atoms with E-state index in [1.807, 2.05) is 6.08 Å². The average Bonchev–Trinajstić information content (AvgIpc) is 2.52. The van der Waals surface area contributed by atoms with Crippen LogP contribution in [0.2, 0.25) is 0 Å². The van der Waals surface area contributed by atoms with Gasteiger partial charge in [0.05, 0.1) is 13.2 Å². The number of rotatable bonds is 6. The van der Waals surface area contributed by atoms with E-state index in [9.17, 15) is 4.79 Å². The smallest absolute Gasteiger partial charge is 0.302 e. The van der Waals surface area contributed by atoms with Gasteiger partial charge in [0.15, 0.2) is 0 Å². The summed E-state index contributed by atoms with van der Waals surface area (Å²) in [5.74, 6) is 0.964. The van der Waals surface area contributed by atoms with Crippen LogP contribution in [0.3, 0.4) is 0 Å². The lowest BCUT2D eigenvalue weighted by molar-refractivity contribution is -0.151. The molecule has 1 N–H and O–H groups in total. The van der Waals surface area contributed by atoms with Crippen LogP contribution in [0.1, 0.15) is 73.1 Å². The molecule has 1 saturated carbocycles. The fourth-order valence-electron chi connectivity index (χ4n) is 5.58. The van der Waals surface area contributed by atoms with Gasteiger partial charge in [0.25, 0.3) is 0 Å². The highest BCUT2D eigenvalue weighted by Crippen LogP contribution is 2.60. The monoisotopic (exact) mass is 348 g/mol. The minimum absolute atomic E-state index is 0.0735. The number of carbonyl (C=O) groups is 1. The van der Waals surface area contributed by atoms with Crippen molar-refractivity contribution in [3.8, 4) is 0 Å². The first-order valence-electron chi connectivity index (χ1n) is 9.79. The highest BCUT2D eigenvalue weighted by molar-refractivity contribution is 5.65. The first-order valence-corrected chi connectivity index (χ1v) is 9.79. The number of carbonyl (C=O) groups excluding carboxylic acids is 1. The van der Waals surface area contributed by atoms with E-state index in [1.54, 1.807) is 0 Å². The Hall–Kier alpha value is -1.09.